The summed E-state index contributed by atoms with van der Waals surface area (Å²) in [5, 5.41) is 0. The van der Waals surface area contributed by atoms with Gasteiger partial charge in [0.1, 0.15) is 18.2 Å². The van der Waals surface area contributed by atoms with E-state index in [0.29, 0.717) is 35.6 Å². The Morgan fingerprint density at radius 3 is 2.25 bits per heavy atom. The molecule has 0 aliphatic rings. The van der Waals surface area contributed by atoms with Gasteiger partial charge in [-0.05, 0) is 35.7 Å². The highest BCUT2D eigenvalue weighted by Crippen LogP contribution is 2.41. The molecular weight excluding hydrogens is 428 g/mol. The zero-order chi connectivity index (χ0) is 22.5. The molecule has 6 nitrogen and oxygen atoms in total. The van der Waals surface area contributed by atoms with E-state index in [4.69, 9.17) is 35.5 Å². The number of hydrogen-bond donors (Lipinski definition) is 1. The predicted octanol–water partition coefficient (Wildman–Crippen LogP) is 5.46. The zero-order valence-electron chi connectivity index (χ0n) is 18.3. The van der Waals surface area contributed by atoms with Gasteiger partial charge in [0.25, 0.3) is 0 Å². The quantitative estimate of drug-likeness (QED) is 0.341. The number of imidazole rings is 1. The first-order valence-electron chi connectivity index (χ1n) is 10.2. The van der Waals surface area contributed by atoms with E-state index in [-0.39, 0.29) is 0 Å². The minimum atomic E-state index is 0.422. The van der Waals surface area contributed by atoms with Gasteiger partial charge in [-0.2, -0.15) is 0 Å². The molecule has 0 fully saturated rings. The topological polar surface area (TPSA) is 65.6 Å². The molecule has 0 radical (unpaired) electrons. The number of aromatic amines is 1. The molecule has 0 saturated heterocycles. The normalized spacial score (nSPS) is 10.9. The van der Waals surface area contributed by atoms with E-state index in [1.54, 1.807) is 21.3 Å². The van der Waals surface area contributed by atoms with E-state index >= 15 is 0 Å². The minimum absolute atomic E-state index is 0.422. The first-order chi connectivity index (χ1) is 15.7. The van der Waals surface area contributed by atoms with E-state index in [1.165, 1.54) is 5.56 Å². The van der Waals surface area contributed by atoms with E-state index in [1.807, 2.05) is 42.5 Å². The smallest absolute Gasteiger partial charge is 0.203 e. The van der Waals surface area contributed by atoms with Crippen molar-refractivity contribution in [2.45, 2.75) is 6.42 Å². The van der Waals surface area contributed by atoms with Crippen molar-refractivity contribution in [2.24, 2.45) is 0 Å². The number of nitrogens with zero attached hydrogens (tertiary/aromatic N) is 1. The third-order valence-corrected chi connectivity index (χ3v) is 5.31. The van der Waals surface area contributed by atoms with Gasteiger partial charge in [0, 0.05) is 11.6 Å². The second-order valence-corrected chi connectivity index (χ2v) is 7.56. The number of alkyl halides is 1. The third kappa shape index (κ3) is 4.46. The molecule has 0 atom stereocenters. The lowest BCUT2D eigenvalue weighted by molar-refractivity contribution is 0.324. The first kappa shape index (κ1) is 21.8. The molecule has 4 rings (SSSR count). The van der Waals surface area contributed by atoms with Crippen LogP contribution in [0.2, 0.25) is 0 Å². The fourth-order valence-corrected chi connectivity index (χ4v) is 3.78. The summed E-state index contributed by atoms with van der Waals surface area (Å²) in [6.07, 6.45) is 0.731. The number of nitrogens with one attached hydrogen (secondary N) is 1. The summed E-state index contributed by atoms with van der Waals surface area (Å²) in [6.45, 7) is 0.436. The highest BCUT2D eigenvalue weighted by atomic mass is 35.5. The maximum atomic E-state index is 5.83. The van der Waals surface area contributed by atoms with E-state index < -0.39 is 0 Å². The SMILES string of the molecule is COc1cc(-c2nc3c(Cc4ccccc4)cc(OCCCl)cc3[nH]2)cc(OC)c1OC. The highest BCUT2D eigenvalue weighted by Gasteiger charge is 2.17. The van der Waals surface area contributed by atoms with Gasteiger partial charge < -0.3 is 23.9 Å². The Balaban J connectivity index is 1.83. The molecule has 0 amide bonds. The van der Waals surface area contributed by atoms with Gasteiger partial charge >= 0.3 is 0 Å². The van der Waals surface area contributed by atoms with Crippen molar-refractivity contribution in [2.75, 3.05) is 33.8 Å². The van der Waals surface area contributed by atoms with Crippen LogP contribution in [-0.2, 0) is 6.42 Å². The van der Waals surface area contributed by atoms with Crippen molar-refractivity contribution in [1.82, 2.24) is 9.97 Å². The molecule has 4 aromatic rings. The third-order valence-electron chi connectivity index (χ3n) is 5.16. The summed E-state index contributed by atoms with van der Waals surface area (Å²) < 4.78 is 22.3. The fraction of sp³-hybridized carbons (Fsp3) is 0.240. The van der Waals surface area contributed by atoms with Gasteiger partial charge in [-0.3, -0.25) is 0 Å². The molecule has 1 aromatic heterocycles. The molecular formula is C25H25ClN2O4. The lowest BCUT2D eigenvalue weighted by Gasteiger charge is -2.13. The van der Waals surface area contributed by atoms with Gasteiger partial charge in [0.2, 0.25) is 5.75 Å². The van der Waals surface area contributed by atoms with Gasteiger partial charge in [0.05, 0.1) is 38.2 Å². The summed E-state index contributed by atoms with van der Waals surface area (Å²) >= 11 is 5.83. The van der Waals surface area contributed by atoms with Crippen LogP contribution in [0.15, 0.2) is 54.6 Å². The molecule has 1 N–H and O–H groups in total. The number of ether oxygens (including phenoxy) is 4. The molecule has 32 heavy (non-hydrogen) atoms. The van der Waals surface area contributed by atoms with E-state index in [9.17, 15) is 0 Å². The van der Waals surface area contributed by atoms with Gasteiger partial charge in [-0.15, -0.1) is 11.6 Å². The molecule has 3 aromatic carbocycles. The summed E-state index contributed by atoms with van der Waals surface area (Å²) in [6, 6.07) is 18.0. The largest absolute Gasteiger partial charge is 0.493 e. The second-order valence-electron chi connectivity index (χ2n) is 7.18. The number of halogens is 1. The van der Waals surface area contributed by atoms with Gasteiger partial charge in [-0.25, -0.2) is 4.98 Å². The summed E-state index contributed by atoms with van der Waals surface area (Å²) in [7, 11) is 4.77. The van der Waals surface area contributed by atoms with Crippen molar-refractivity contribution >= 4 is 22.6 Å². The van der Waals surface area contributed by atoms with E-state index in [2.05, 4.69) is 17.1 Å². The predicted molar refractivity (Wildman–Crippen MR) is 127 cm³/mol. The maximum absolute atomic E-state index is 5.83. The summed E-state index contributed by atoms with van der Waals surface area (Å²) in [5.41, 5.74) is 4.85. The summed E-state index contributed by atoms with van der Waals surface area (Å²) in [5.74, 6) is 3.55. The number of hydrogen-bond acceptors (Lipinski definition) is 5. The number of benzene rings is 3. The average molecular weight is 453 g/mol. The Labute approximate surface area is 192 Å². The lowest BCUT2D eigenvalue weighted by atomic mass is 10.0. The Morgan fingerprint density at radius 1 is 0.906 bits per heavy atom. The number of aromatic nitrogens is 2. The molecule has 0 spiro atoms. The van der Waals surface area contributed by atoms with Crippen LogP contribution < -0.4 is 18.9 Å². The molecule has 0 bridgehead atoms. The lowest BCUT2D eigenvalue weighted by Crippen LogP contribution is -1.99. The van der Waals surface area contributed by atoms with E-state index in [0.717, 1.165) is 34.3 Å². The van der Waals surface area contributed by atoms with Crippen molar-refractivity contribution in [1.29, 1.82) is 0 Å². The van der Waals surface area contributed by atoms with Crippen LogP contribution in [0.25, 0.3) is 22.4 Å². The van der Waals surface area contributed by atoms with Crippen molar-refractivity contribution in [3.8, 4) is 34.4 Å². The Kier molecular flexibility index (Phi) is 6.71. The van der Waals surface area contributed by atoms with Crippen LogP contribution >= 0.6 is 11.6 Å². The highest BCUT2D eigenvalue weighted by molar-refractivity contribution is 6.18. The van der Waals surface area contributed by atoms with Crippen LogP contribution in [0.3, 0.4) is 0 Å². The first-order valence-corrected chi connectivity index (χ1v) is 10.8. The minimum Gasteiger partial charge on any atom is -0.493 e. The molecule has 0 aliphatic carbocycles. The number of fused-ring (bicyclic) bond motifs is 1. The molecule has 166 valence electrons. The number of methoxy groups -OCH3 is 3. The maximum Gasteiger partial charge on any atom is 0.203 e. The molecule has 0 unspecified atom stereocenters. The Morgan fingerprint density at radius 2 is 1.62 bits per heavy atom. The van der Waals surface area contributed by atoms with Gasteiger partial charge in [0.15, 0.2) is 11.5 Å². The van der Waals surface area contributed by atoms with Crippen molar-refractivity contribution in [3.05, 3.63) is 65.7 Å². The monoisotopic (exact) mass is 452 g/mol. The van der Waals surface area contributed by atoms with Crippen LogP contribution in [0.5, 0.6) is 23.0 Å². The standard InChI is InChI=1S/C25H25ClN2O4/c1-29-21-13-18(14-22(30-2)24(21)31-3)25-27-20-15-19(32-10-9-26)12-17(23(20)28-25)11-16-7-5-4-6-8-16/h4-8,12-15H,9-11H2,1-3H3,(H,27,28). The molecule has 0 aliphatic heterocycles. The Bertz CT molecular complexity index is 1180. The Hall–Kier alpha value is -3.38. The summed E-state index contributed by atoms with van der Waals surface area (Å²) in [4.78, 5) is 8.34. The van der Waals surface area contributed by atoms with Crippen LogP contribution in [0.4, 0.5) is 0 Å². The van der Waals surface area contributed by atoms with Crippen molar-refractivity contribution < 1.29 is 18.9 Å². The van der Waals surface area contributed by atoms with Crippen molar-refractivity contribution in [3.63, 3.8) is 0 Å². The fourth-order valence-electron chi connectivity index (χ4n) is 3.70. The van der Waals surface area contributed by atoms with Crippen LogP contribution in [0, 0.1) is 0 Å². The number of H-pyrrole nitrogens is 1. The number of rotatable bonds is 9. The van der Waals surface area contributed by atoms with Crippen LogP contribution in [-0.4, -0.2) is 43.8 Å². The average Bonchev–Trinajstić information content (AvgIpc) is 3.27. The zero-order valence-corrected chi connectivity index (χ0v) is 19.0. The molecule has 0 saturated carbocycles. The van der Waals surface area contributed by atoms with Crippen LogP contribution in [0.1, 0.15) is 11.1 Å². The molecule has 7 heteroatoms. The second kappa shape index (κ2) is 9.83. The van der Waals surface area contributed by atoms with Gasteiger partial charge in [-0.1, -0.05) is 30.3 Å². The molecule has 1 heterocycles.